The van der Waals surface area contributed by atoms with Gasteiger partial charge in [-0.2, -0.15) is 0 Å². The van der Waals surface area contributed by atoms with Crippen LogP contribution in [0.25, 0.3) is 11.0 Å². The fourth-order valence-corrected chi connectivity index (χ4v) is 4.13. The van der Waals surface area contributed by atoms with Gasteiger partial charge in [-0.05, 0) is 57.2 Å². The predicted molar refractivity (Wildman–Crippen MR) is 114 cm³/mol. The van der Waals surface area contributed by atoms with Crippen molar-refractivity contribution in [3.63, 3.8) is 0 Å². The average molecular weight is 415 g/mol. The van der Waals surface area contributed by atoms with Crippen LogP contribution in [0.5, 0.6) is 5.75 Å². The quantitative estimate of drug-likeness (QED) is 0.701. The van der Waals surface area contributed by atoms with Crippen molar-refractivity contribution in [1.29, 1.82) is 0 Å². The van der Waals surface area contributed by atoms with Gasteiger partial charge in [-0.15, -0.1) is 0 Å². The number of carbonyl (C=O) groups is 1. The van der Waals surface area contributed by atoms with E-state index in [4.69, 9.17) is 9.15 Å². The Bertz CT molecular complexity index is 966. The molecule has 1 aromatic heterocycles. The van der Waals surface area contributed by atoms with Gasteiger partial charge < -0.3 is 19.2 Å². The summed E-state index contributed by atoms with van der Waals surface area (Å²) in [6.45, 7) is 6.84. The van der Waals surface area contributed by atoms with Crippen LogP contribution in [0, 0.1) is 5.92 Å². The van der Waals surface area contributed by atoms with Gasteiger partial charge in [-0.3, -0.25) is 9.69 Å². The van der Waals surface area contributed by atoms with Crippen molar-refractivity contribution in [2.75, 3.05) is 32.8 Å². The minimum atomic E-state index is -0.631. The largest absolute Gasteiger partial charge is 0.491 e. The summed E-state index contributed by atoms with van der Waals surface area (Å²) in [5, 5.41) is 10.2. The summed E-state index contributed by atoms with van der Waals surface area (Å²) in [5.41, 5.74) is -0.172. The van der Waals surface area contributed by atoms with E-state index in [9.17, 15) is 14.7 Å². The first-order valence-electron chi connectivity index (χ1n) is 10.8. The number of fused-ring (bicyclic) bond motifs is 1. The van der Waals surface area contributed by atoms with E-state index in [1.54, 1.807) is 23.1 Å². The van der Waals surface area contributed by atoms with Crippen molar-refractivity contribution in [1.82, 2.24) is 9.80 Å². The van der Waals surface area contributed by atoms with Crippen LogP contribution in [0.3, 0.4) is 0 Å². The Morgan fingerprint density at radius 3 is 2.77 bits per heavy atom. The van der Waals surface area contributed by atoms with Crippen LogP contribution in [0.4, 0.5) is 0 Å². The highest BCUT2D eigenvalue weighted by Gasteiger charge is 2.34. The molecule has 2 fully saturated rings. The molecule has 1 amide bonds. The van der Waals surface area contributed by atoms with Crippen LogP contribution in [0.2, 0.25) is 0 Å². The topological polar surface area (TPSA) is 83.2 Å². The second-order valence-electron chi connectivity index (χ2n) is 8.67. The third-order valence-corrected chi connectivity index (χ3v) is 5.85. The highest BCUT2D eigenvalue weighted by atomic mass is 16.5. The van der Waals surface area contributed by atoms with Gasteiger partial charge in [0.15, 0.2) is 0 Å². The molecule has 1 unspecified atom stereocenters. The van der Waals surface area contributed by atoms with E-state index < -0.39 is 5.63 Å². The summed E-state index contributed by atoms with van der Waals surface area (Å²) in [5.74, 6) is 1.08. The van der Waals surface area contributed by atoms with Gasteiger partial charge in [-0.25, -0.2) is 4.79 Å². The fourth-order valence-electron chi connectivity index (χ4n) is 4.13. The summed E-state index contributed by atoms with van der Waals surface area (Å²) in [6.07, 6.45) is 3.18. The number of ether oxygens (including phenoxy) is 1. The number of carbonyl (C=O) groups excluding carboxylic acids is 1. The lowest BCUT2D eigenvalue weighted by Crippen LogP contribution is -2.55. The zero-order valence-electron chi connectivity index (χ0n) is 17.7. The molecule has 1 saturated heterocycles. The molecule has 30 heavy (non-hydrogen) atoms. The standard InChI is InChI=1S/C23H30N2O5/c1-15(2)29-19-6-5-17-11-20(23(28)30-21(17)12-19)22(27)25-9-8-24(13-16-3-4-16)18(14-25)7-10-26/h5-6,11-12,15-16,18,26H,3-4,7-10,13-14H2,1-2H3. The van der Waals surface area contributed by atoms with Crippen LogP contribution in [-0.2, 0) is 0 Å². The summed E-state index contributed by atoms with van der Waals surface area (Å²) >= 11 is 0. The molecule has 2 aliphatic rings. The molecule has 1 atom stereocenters. The first kappa shape index (κ1) is 20.9. The maximum atomic E-state index is 13.1. The van der Waals surface area contributed by atoms with Gasteiger partial charge in [0, 0.05) is 50.3 Å². The summed E-state index contributed by atoms with van der Waals surface area (Å²) in [7, 11) is 0. The third kappa shape index (κ3) is 4.68. The molecule has 0 spiro atoms. The number of nitrogens with zero attached hydrogens (tertiary/aromatic N) is 2. The number of piperazine rings is 1. The molecule has 7 nitrogen and oxygen atoms in total. The van der Waals surface area contributed by atoms with Crippen molar-refractivity contribution < 1.29 is 19.1 Å². The number of benzene rings is 1. The number of rotatable bonds is 7. The van der Waals surface area contributed by atoms with Crippen molar-refractivity contribution in [2.24, 2.45) is 5.92 Å². The molecule has 0 radical (unpaired) electrons. The number of amides is 1. The van der Waals surface area contributed by atoms with Crippen LogP contribution in [0.1, 0.15) is 43.5 Å². The van der Waals surface area contributed by atoms with Gasteiger partial charge in [0.25, 0.3) is 5.91 Å². The first-order chi connectivity index (χ1) is 14.4. The minimum Gasteiger partial charge on any atom is -0.491 e. The normalized spacial score (nSPS) is 20.1. The van der Waals surface area contributed by atoms with E-state index in [0.29, 0.717) is 36.2 Å². The Balaban J connectivity index is 1.53. The second-order valence-corrected chi connectivity index (χ2v) is 8.67. The molecule has 1 N–H and O–H groups in total. The van der Waals surface area contributed by atoms with E-state index in [2.05, 4.69) is 4.90 Å². The maximum Gasteiger partial charge on any atom is 0.349 e. The molecule has 1 aliphatic carbocycles. The number of aliphatic hydroxyl groups excluding tert-OH is 1. The minimum absolute atomic E-state index is 0.0143. The molecule has 1 saturated carbocycles. The summed E-state index contributed by atoms with van der Waals surface area (Å²) in [4.78, 5) is 29.8. The summed E-state index contributed by atoms with van der Waals surface area (Å²) < 4.78 is 11.1. The lowest BCUT2D eigenvalue weighted by molar-refractivity contribution is 0.0404. The second kappa shape index (κ2) is 8.78. The molecule has 2 aromatic rings. The third-order valence-electron chi connectivity index (χ3n) is 5.85. The Hall–Kier alpha value is -2.38. The molecule has 7 heteroatoms. The smallest absolute Gasteiger partial charge is 0.349 e. The lowest BCUT2D eigenvalue weighted by atomic mass is 10.1. The van der Waals surface area contributed by atoms with Gasteiger partial charge in [-0.1, -0.05) is 0 Å². The predicted octanol–water partition coefficient (Wildman–Crippen LogP) is 2.50. The number of hydrogen-bond donors (Lipinski definition) is 1. The molecular weight excluding hydrogens is 384 g/mol. The molecule has 1 aromatic carbocycles. The van der Waals surface area contributed by atoms with E-state index in [0.717, 1.165) is 19.0 Å². The van der Waals surface area contributed by atoms with Crippen LogP contribution >= 0.6 is 0 Å². The molecular formula is C23H30N2O5. The fraction of sp³-hybridized carbons (Fsp3) is 0.565. The number of aliphatic hydroxyl groups is 1. The monoisotopic (exact) mass is 414 g/mol. The number of hydrogen-bond acceptors (Lipinski definition) is 6. The molecule has 2 heterocycles. The van der Waals surface area contributed by atoms with Gasteiger partial charge >= 0.3 is 5.63 Å². The molecule has 0 bridgehead atoms. The van der Waals surface area contributed by atoms with Crippen molar-refractivity contribution in [3.8, 4) is 5.75 Å². The van der Waals surface area contributed by atoms with Crippen molar-refractivity contribution >= 4 is 16.9 Å². The van der Waals surface area contributed by atoms with E-state index >= 15 is 0 Å². The van der Waals surface area contributed by atoms with E-state index in [-0.39, 0.29) is 30.2 Å². The lowest BCUT2D eigenvalue weighted by Gasteiger charge is -2.41. The van der Waals surface area contributed by atoms with E-state index in [1.165, 1.54) is 12.8 Å². The zero-order chi connectivity index (χ0) is 21.3. The van der Waals surface area contributed by atoms with Gasteiger partial charge in [0.2, 0.25) is 0 Å². The van der Waals surface area contributed by atoms with Crippen LogP contribution < -0.4 is 10.4 Å². The summed E-state index contributed by atoms with van der Waals surface area (Å²) in [6, 6.07) is 7.02. The maximum absolute atomic E-state index is 13.1. The van der Waals surface area contributed by atoms with Crippen LogP contribution in [0.15, 0.2) is 33.5 Å². The van der Waals surface area contributed by atoms with E-state index in [1.807, 2.05) is 19.9 Å². The van der Waals surface area contributed by atoms with Crippen LogP contribution in [-0.4, -0.2) is 65.7 Å². The highest BCUT2D eigenvalue weighted by Crippen LogP contribution is 2.31. The molecule has 162 valence electrons. The Morgan fingerprint density at radius 1 is 1.27 bits per heavy atom. The Morgan fingerprint density at radius 2 is 2.07 bits per heavy atom. The first-order valence-corrected chi connectivity index (χ1v) is 10.8. The average Bonchev–Trinajstić information content (AvgIpc) is 3.52. The van der Waals surface area contributed by atoms with Gasteiger partial charge in [0.05, 0.1) is 6.10 Å². The highest BCUT2D eigenvalue weighted by molar-refractivity contribution is 5.96. The zero-order valence-corrected chi connectivity index (χ0v) is 17.7. The Labute approximate surface area is 176 Å². The molecule has 4 rings (SSSR count). The van der Waals surface area contributed by atoms with Gasteiger partial charge in [0.1, 0.15) is 16.9 Å². The molecule has 1 aliphatic heterocycles. The Kier molecular flexibility index (Phi) is 6.11. The van der Waals surface area contributed by atoms with Crippen molar-refractivity contribution in [2.45, 2.75) is 45.3 Å². The SMILES string of the molecule is CC(C)Oc1ccc2cc(C(=O)N3CCN(CC4CC4)C(CCO)C3)c(=O)oc2c1. The van der Waals surface area contributed by atoms with Crippen molar-refractivity contribution in [3.05, 3.63) is 40.2 Å².